The Bertz CT molecular complexity index is 1280. The molecule has 0 spiro atoms. The van der Waals surface area contributed by atoms with Crippen LogP contribution in [0.2, 0.25) is 0 Å². The Kier molecular flexibility index (Phi) is 5.31. The minimum absolute atomic E-state index is 0.169. The first-order valence-electron chi connectivity index (χ1n) is 9.38. The number of benzene rings is 3. The lowest BCUT2D eigenvalue weighted by molar-refractivity contribution is 0.0831. The fourth-order valence-corrected chi connectivity index (χ4v) is 3.00. The van der Waals surface area contributed by atoms with Crippen molar-refractivity contribution in [3.8, 4) is 11.8 Å². The molecule has 2 amide bonds. The van der Waals surface area contributed by atoms with Crippen molar-refractivity contribution in [2.45, 2.75) is 6.92 Å². The van der Waals surface area contributed by atoms with Crippen LogP contribution in [-0.4, -0.2) is 11.8 Å². The predicted octanol–water partition coefficient (Wildman–Crippen LogP) is 4.22. The van der Waals surface area contributed by atoms with Gasteiger partial charge in [0.05, 0.1) is 0 Å². The van der Waals surface area contributed by atoms with Gasteiger partial charge in [-0.2, -0.15) is 0 Å². The van der Waals surface area contributed by atoms with Crippen LogP contribution in [0, 0.1) is 18.8 Å². The molecule has 0 unspecified atom stereocenters. The van der Waals surface area contributed by atoms with E-state index in [9.17, 15) is 9.59 Å². The van der Waals surface area contributed by atoms with Crippen LogP contribution in [0.3, 0.4) is 0 Å². The fraction of sp³-hybridized carbons (Fsp3) is 0.0400. The first-order chi connectivity index (χ1) is 14.6. The number of nitrogens with one attached hydrogen (secondary N) is 2. The number of hydrazine groups is 1. The molecule has 0 aliphatic heterocycles. The van der Waals surface area contributed by atoms with Gasteiger partial charge in [0.25, 0.3) is 5.91 Å². The van der Waals surface area contributed by atoms with Gasteiger partial charge < -0.3 is 4.42 Å². The van der Waals surface area contributed by atoms with Crippen LogP contribution in [0.25, 0.3) is 11.0 Å². The largest absolute Gasteiger partial charge is 0.451 e. The van der Waals surface area contributed by atoms with Crippen LogP contribution >= 0.6 is 0 Å². The van der Waals surface area contributed by atoms with Crippen molar-refractivity contribution < 1.29 is 14.0 Å². The molecule has 5 nitrogen and oxygen atoms in total. The summed E-state index contributed by atoms with van der Waals surface area (Å²) in [6.45, 7) is 1.80. The van der Waals surface area contributed by atoms with Crippen molar-refractivity contribution in [2.24, 2.45) is 0 Å². The molecule has 1 aromatic heterocycles. The molecule has 0 aliphatic rings. The highest BCUT2D eigenvalue weighted by Gasteiger charge is 2.18. The second-order valence-electron chi connectivity index (χ2n) is 6.65. The van der Waals surface area contributed by atoms with Crippen LogP contribution in [0.4, 0.5) is 0 Å². The molecule has 0 atom stereocenters. The van der Waals surface area contributed by atoms with Crippen molar-refractivity contribution in [3.63, 3.8) is 0 Å². The molecule has 4 rings (SSSR count). The minimum Gasteiger partial charge on any atom is -0.451 e. The minimum atomic E-state index is -0.512. The van der Waals surface area contributed by atoms with Crippen LogP contribution < -0.4 is 10.9 Å². The number of amides is 2. The van der Waals surface area contributed by atoms with Crippen molar-refractivity contribution in [3.05, 3.63) is 107 Å². The number of hydrogen-bond acceptors (Lipinski definition) is 3. The molecule has 146 valence electrons. The van der Waals surface area contributed by atoms with Gasteiger partial charge in [0.1, 0.15) is 5.58 Å². The molecule has 0 saturated heterocycles. The summed E-state index contributed by atoms with van der Waals surface area (Å²) in [6, 6.07) is 23.9. The predicted molar refractivity (Wildman–Crippen MR) is 115 cm³/mol. The molecule has 2 N–H and O–H groups in total. The lowest BCUT2D eigenvalue weighted by Gasteiger charge is -2.06. The van der Waals surface area contributed by atoms with E-state index < -0.39 is 11.8 Å². The number of para-hydroxylation sites is 1. The summed E-state index contributed by atoms with van der Waals surface area (Å²) in [6.07, 6.45) is 0. The zero-order valence-corrected chi connectivity index (χ0v) is 16.2. The number of rotatable bonds is 2. The molecule has 0 aliphatic carbocycles. The molecule has 0 saturated carbocycles. The average Bonchev–Trinajstić information content (AvgIpc) is 3.13. The molecule has 3 aromatic carbocycles. The van der Waals surface area contributed by atoms with Crippen molar-refractivity contribution in [1.29, 1.82) is 0 Å². The zero-order chi connectivity index (χ0) is 20.9. The Morgan fingerprint density at radius 1 is 0.733 bits per heavy atom. The lowest BCUT2D eigenvalue weighted by atomic mass is 10.1. The van der Waals surface area contributed by atoms with Gasteiger partial charge in [0, 0.05) is 27.6 Å². The summed E-state index contributed by atoms with van der Waals surface area (Å²) in [7, 11) is 0. The third kappa shape index (κ3) is 4.08. The smallest absolute Gasteiger partial charge is 0.305 e. The van der Waals surface area contributed by atoms with Crippen LogP contribution in [0.5, 0.6) is 0 Å². The van der Waals surface area contributed by atoms with E-state index in [0.717, 1.165) is 22.1 Å². The van der Waals surface area contributed by atoms with Crippen molar-refractivity contribution in [2.75, 3.05) is 0 Å². The second-order valence-corrected chi connectivity index (χ2v) is 6.65. The molecular weight excluding hydrogens is 376 g/mol. The molecule has 0 fully saturated rings. The summed E-state index contributed by atoms with van der Waals surface area (Å²) in [5.41, 5.74) is 8.27. The third-order valence-corrected chi connectivity index (χ3v) is 4.61. The SMILES string of the molecule is Cc1c(C(=O)NNC(=O)c2ccc(C#Cc3ccccc3)cc2)oc2ccccc12. The van der Waals surface area contributed by atoms with Gasteiger partial charge in [-0.05, 0) is 49.4 Å². The Labute approximate surface area is 173 Å². The molecule has 1 heterocycles. The van der Waals surface area contributed by atoms with Gasteiger partial charge in [-0.1, -0.05) is 48.2 Å². The number of carbonyl (C=O) groups is 2. The van der Waals surface area contributed by atoms with Crippen LogP contribution in [-0.2, 0) is 0 Å². The van der Waals surface area contributed by atoms with Crippen molar-refractivity contribution >= 4 is 22.8 Å². The highest BCUT2D eigenvalue weighted by molar-refractivity contribution is 6.01. The van der Waals surface area contributed by atoms with Gasteiger partial charge in [-0.15, -0.1) is 0 Å². The fourth-order valence-electron chi connectivity index (χ4n) is 3.00. The summed E-state index contributed by atoms with van der Waals surface area (Å²) in [4.78, 5) is 24.7. The van der Waals surface area contributed by atoms with Crippen LogP contribution in [0.15, 0.2) is 83.3 Å². The Morgan fingerprint density at radius 2 is 1.33 bits per heavy atom. The van der Waals surface area contributed by atoms with E-state index in [1.165, 1.54) is 0 Å². The second kappa shape index (κ2) is 8.38. The van der Waals surface area contributed by atoms with Gasteiger partial charge >= 0.3 is 5.91 Å². The standard InChI is InChI=1S/C25H18N2O3/c1-17-21-9-5-6-10-22(21)30-23(17)25(29)27-26-24(28)20-15-13-19(14-16-20)12-11-18-7-3-2-4-8-18/h2-10,13-16H,1H3,(H,26,28)(H,27,29). The average molecular weight is 394 g/mol. The maximum Gasteiger partial charge on any atom is 0.305 e. The Morgan fingerprint density at radius 3 is 2.03 bits per heavy atom. The van der Waals surface area contributed by atoms with E-state index in [0.29, 0.717) is 11.1 Å². The molecule has 0 bridgehead atoms. The van der Waals surface area contributed by atoms with E-state index in [2.05, 4.69) is 22.7 Å². The summed E-state index contributed by atoms with van der Waals surface area (Å²) in [5, 5.41) is 0.862. The summed E-state index contributed by atoms with van der Waals surface area (Å²) >= 11 is 0. The first kappa shape index (κ1) is 19.0. The van der Waals surface area contributed by atoms with Gasteiger partial charge in [0.15, 0.2) is 5.76 Å². The Hall–Kier alpha value is -4.30. The van der Waals surface area contributed by atoms with Gasteiger partial charge in [-0.25, -0.2) is 0 Å². The van der Waals surface area contributed by atoms with Crippen molar-refractivity contribution in [1.82, 2.24) is 10.9 Å². The van der Waals surface area contributed by atoms with E-state index in [1.54, 1.807) is 37.3 Å². The monoisotopic (exact) mass is 394 g/mol. The highest BCUT2D eigenvalue weighted by Crippen LogP contribution is 2.24. The number of hydrogen-bond donors (Lipinski definition) is 2. The van der Waals surface area contributed by atoms with Crippen LogP contribution in [0.1, 0.15) is 37.6 Å². The normalized spacial score (nSPS) is 10.2. The number of carbonyl (C=O) groups excluding carboxylic acids is 2. The summed E-state index contributed by atoms with van der Waals surface area (Å²) in [5.74, 6) is 5.35. The van der Waals surface area contributed by atoms with Gasteiger partial charge in [0.2, 0.25) is 0 Å². The van der Waals surface area contributed by atoms with E-state index >= 15 is 0 Å². The maximum absolute atomic E-state index is 12.4. The Balaban J connectivity index is 1.39. The first-order valence-corrected chi connectivity index (χ1v) is 9.38. The quantitative estimate of drug-likeness (QED) is 0.395. The zero-order valence-electron chi connectivity index (χ0n) is 16.2. The molecule has 4 aromatic rings. The number of furan rings is 1. The maximum atomic E-state index is 12.4. The van der Waals surface area contributed by atoms with E-state index in [-0.39, 0.29) is 5.76 Å². The number of fused-ring (bicyclic) bond motifs is 1. The molecule has 30 heavy (non-hydrogen) atoms. The van der Waals surface area contributed by atoms with E-state index in [4.69, 9.17) is 4.42 Å². The third-order valence-electron chi connectivity index (χ3n) is 4.61. The number of aryl methyl sites for hydroxylation is 1. The van der Waals surface area contributed by atoms with E-state index in [1.807, 2.05) is 48.5 Å². The topological polar surface area (TPSA) is 71.3 Å². The molecule has 5 heteroatoms. The van der Waals surface area contributed by atoms with Gasteiger partial charge in [-0.3, -0.25) is 20.4 Å². The summed E-state index contributed by atoms with van der Waals surface area (Å²) < 4.78 is 5.60. The lowest BCUT2D eigenvalue weighted by Crippen LogP contribution is -2.41. The highest BCUT2D eigenvalue weighted by atomic mass is 16.3. The molecule has 0 radical (unpaired) electrons. The molecular formula is C25H18N2O3.